The number of ether oxygens (including phenoxy) is 3. The normalized spacial score (nSPS) is 13.0. The van der Waals surface area contributed by atoms with Crippen LogP contribution in [0.3, 0.4) is 0 Å². The summed E-state index contributed by atoms with van der Waals surface area (Å²) in [7, 11) is 1.64. The zero-order valence-corrected chi connectivity index (χ0v) is 16.8. The molecule has 0 saturated heterocycles. The first-order valence-corrected chi connectivity index (χ1v) is 10.1. The Balaban J connectivity index is 1.70. The highest BCUT2D eigenvalue weighted by atomic mass is 32.1. The quantitative estimate of drug-likeness (QED) is 0.674. The Hall–Kier alpha value is -3.10. The Kier molecular flexibility index (Phi) is 5.64. The summed E-state index contributed by atoms with van der Waals surface area (Å²) in [6, 6.07) is 12.9. The maximum Gasteiger partial charge on any atom is 0.279 e. The predicted octanol–water partition coefficient (Wildman–Crippen LogP) is 3.04. The van der Waals surface area contributed by atoms with Crippen LogP contribution in [0.1, 0.15) is 16.8 Å². The summed E-state index contributed by atoms with van der Waals surface area (Å²) in [5, 5.41) is 2.00. The minimum Gasteiger partial charge on any atom is -0.497 e. The molecule has 0 bridgehead atoms. The van der Waals surface area contributed by atoms with E-state index in [9.17, 15) is 4.79 Å². The van der Waals surface area contributed by atoms with E-state index in [0.717, 1.165) is 23.4 Å². The van der Waals surface area contributed by atoms with Crippen molar-refractivity contribution in [1.29, 1.82) is 0 Å². The molecule has 1 aliphatic heterocycles. The molecule has 0 spiro atoms. The number of carbonyl (C=O) groups excluding carboxylic acids is 1. The number of methoxy groups -OCH3 is 1. The summed E-state index contributed by atoms with van der Waals surface area (Å²) in [6.07, 6.45) is 0.783. The molecule has 0 fully saturated rings. The van der Waals surface area contributed by atoms with Crippen LogP contribution in [0.25, 0.3) is 11.3 Å². The van der Waals surface area contributed by atoms with Crippen LogP contribution in [-0.2, 0) is 6.54 Å². The average Bonchev–Trinajstić information content (AvgIpc) is 3.38. The predicted molar refractivity (Wildman–Crippen MR) is 110 cm³/mol. The molecule has 0 atom stereocenters. The van der Waals surface area contributed by atoms with Gasteiger partial charge in [0.2, 0.25) is 6.79 Å². The molecule has 1 aliphatic rings. The number of benzene rings is 2. The molecular weight excluding hydrogens is 390 g/mol. The van der Waals surface area contributed by atoms with Gasteiger partial charge in [0.05, 0.1) is 12.8 Å². The monoisotopic (exact) mass is 411 g/mol. The third kappa shape index (κ3) is 4.03. The SMILES string of the molecule is COc1ccc(-c2cs/c(=N\C(=O)c3ccc4c(c3)OCO4)n2CCCN)cc1. The highest BCUT2D eigenvalue weighted by molar-refractivity contribution is 7.07. The smallest absolute Gasteiger partial charge is 0.279 e. The van der Waals surface area contributed by atoms with Gasteiger partial charge >= 0.3 is 0 Å². The van der Waals surface area contributed by atoms with E-state index in [1.54, 1.807) is 25.3 Å². The van der Waals surface area contributed by atoms with E-state index in [1.165, 1.54) is 11.3 Å². The second kappa shape index (κ2) is 8.50. The number of rotatable bonds is 6. The molecule has 2 heterocycles. The summed E-state index contributed by atoms with van der Waals surface area (Å²) in [4.78, 5) is 17.8. The van der Waals surface area contributed by atoms with E-state index in [0.29, 0.717) is 35.0 Å². The molecule has 2 N–H and O–H groups in total. The van der Waals surface area contributed by atoms with Gasteiger partial charge < -0.3 is 24.5 Å². The fourth-order valence-electron chi connectivity index (χ4n) is 3.06. The van der Waals surface area contributed by atoms with Crippen molar-refractivity contribution in [2.45, 2.75) is 13.0 Å². The van der Waals surface area contributed by atoms with Crippen molar-refractivity contribution in [3.05, 3.63) is 58.2 Å². The molecule has 0 unspecified atom stereocenters. The summed E-state index contributed by atoms with van der Waals surface area (Å²) in [5.41, 5.74) is 8.19. The van der Waals surface area contributed by atoms with E-state index in [4.69, 9.17) is 19.9 Å². The summed E-state index contributed by atoms with van der Waals surface area (Å²) < 4.78 is 17.9. The van der Waals surface area contributed by atoms with E-state index in [1.807, 2.05) is 34.2 Å². The Labute approximate surface area is 172 Å². The lowest BCUT2D eigenvalue weighted by Crippen LogP contribution is -2.20. The van der Waals surface area contributed by atoms with E-state index in [2.05, 4.69) is 4.99 Å². The van der Waals surface area contributed by atoms with Gasteiger partial charge in [0, 0.05) is 17.5 Å². The van der Waals surface area contributed by atoms with Crippen molar-refractivity contribution in [3.63, 3.8) is 0 Å². The van der Waals surface area contributed by atoms with Crippen LogP contribution in [0.5, 0.6) is 17.2 Å². The molecule has 29 heavy (non-hydrogen) atoms. The Bertz CT molecular complexity index is 1090. The summed E-state index contributed by atoms with van der Waals surface area (Å²) in [5.74, 6) is 1.66. The molecule has 150 valence electrons. The fourth-order valence-corrected chi connectivity index (χ4v) is 3.99. The molecule has 3 aromatic rings. The molecule has 0 aliphatic carbocycles. The highest BCUT2D eigenvalue weighted by Crippen LogP contribution is 2.32. The second-order valence-electron chi connectivity index (χ2n) is 6.41. The molecule has 7 nitrogen and oxygen atoms in total. The van der Waals surface area contributed by atoms with Gasteiger partial charge in [-0.15, -0.1) is 11.3 Å². The third-order valence-electron chi connectivity index (χ3n) is 4.59. The number of carbonyl (C=O) groups is 1. The molecule has 0 radical (unpaired) electrons. The highest BCUT2D eigenvalue weighted by Gasteiger charge is 2.16. The molecular formula is C21H21N3O4S. The van der Waals surface area contributed by atoms with Crippen LogP contribution >= 0.6 is 11.3 Å². The zero-order valence-electron chi connectivity index (χ0n) is 16.0. The Morgan fingerprint density at radius 1 is 1.21 bits per heavy atom. The lowest BCUT2D eigenvalue weighted by atomic mass is 10.1. The maximum absolute atomic E-state index is 12.8. The third-order valence-corrected chi connectivity index (χ3v) is 5.45. The van der Waals surface area contributed by atoms with Crippen molar-refractivity contribution in [2.75, 3.05) is 20.4 Å². The van der Waals surface area contributed by atoms with Crippen molar-refractivity contribution in [3.8, 4) is 28.5 Å². The van der Waals surface area contributed by atoms with Crippen LogP contribution in [0, 0.1) is 0 Å². The summed E-state index contributed by atoms with van der Waals surface area (Å²) in [6.45, 7) is 1.40. The Morgan fingerprint density at radius 3 is 2.76 bits per heavy atom. The van der Waals surface area contributed by atoms with Gasteiger partial charge in [-0.3, -0.25) is 4.79 Å². The van der Waals surface area contributed by atoms with Crippen LogP contribution in [0.2, 0.25) is 0 Å². The summed E-state index contributed by atoms with van der Waals surface area (Å²) >= 11 is 1.43. The van der Waals surface area contributed by atoms with Crippen molar-refractivity contribution < 1.29 is 19.0 Å². The first kappa shape index (κ1) is 19.2. The Morgan fingerprint density at radius 2 is 2.00 bits per heavy atom. The first-order valence-electron chi connectivity index (χ1n) is 9.21. The van der Waals surface area contributed by atoms with Crippen molar-refractivity contribution >= 4 is 17.2 Å². The van der Waals surface area contributed by atoms with Gasteiger partial charge in [0.25, 0.3) is 5.91 Å². The molecule has 1 amide bonds. The maximum atomic E-state index is 12.8. The van der Waals surface area contributed by atoms with Gasteiger partial charge in [-0.1, -0.05) is 0 Å². The van der Waals surface area contributed by atoms with Gasteiger partial charge in [0.1, 0.15) is 5.75 Å². The average molecular weight is 411 g/mol. The minimum absolute atomic E-state index is 0.166. The molecule has 1 aromatic heterocycles. The lowest BCUT2D eigenvalue weighted by molar-refractivity contribution is 0.0997. The number of hydrogen-bond donors (Lipinski definition) is 1. The van der Waals surface area contributed by atoms with Crippen LogP contribution < -0.4 is 24.7 Å². The lowest BCUT2D eigenvalue weighted by Gasteiger charge is -2.09. The number of thiazole rings is 1. The van der Waals surface area contributed by atoms with Crippen LogP contribution in [-0.4, -0.2) is 30.9 Å². The fraction of sp³-hybridized carbons (Fsp3) is 0.238. The van der Waals surface area contributed by atoms with Gasteiger partial charge in [-0.2, -0.15) is 4.99 Å². The van der Waals surface area contributed by atoms with Gasteiger partial charge in [-0.25, -0.2) is 0 Å². The molecule has 4 rings (SSSR count). The zero-order chi connectivity index (χ0) is 20.2. The molecule has 2 aromatic carbocycles. The van der Waals surface area contributed by atoms with Crippen LogP contribution in [0.4, 0.5) is 0 Å². The van der Waals surface area contributed by atoms with E-state index >= 15 is 0 Å². The molecule has 8 heteroatoms. The first-order chi connectivity index (χ1) is 14.2. The number of hydrogen-bond acceptors (Lipinski definition) is 6. The van der Waals surface area contributed by atoms with Crippen LogP contribution in [0.15, 0.2) is 52.8 Å². The van der Waals surface area contributed by atoms with Crippen molar-refractivity contribution in [2.24, 2.45) is 10.7 Å². The second-order valence-corrected chi connectivity index (χ2v) is 7.25. The van der Waals surface area contributed by atoms with Gasteiger partial charge in [-0.05, 0) is 61.0 Å². The number of nitrogens with zero attached hydrogens (tertiary/aromatic N) is 2. The number of amides is 1. The van der Waals surface area contributed by atoms with E-state index < -0.39 is 0 Å². The number of fused-ring (bicyclic) bond motifs is 1. The van der Waals surface area contributed by atoms with Crippen molar-refractivity contribution in [1.82, 2.24) is 4.57 Å². The topological polar surface area (TPSA) is 88.1 Å². The number of nitrogens with two attached hydrogens (primary N) is 1. The van der Waals surface area contributed by atoms with Gasteiger partial charge in [0.15, 0.2) is 16.3 Å². The standard InChI is InChI=1S/C21H21N3O4S/c1-26-16-6-3-14(4-7-16)17-12-29-21(24(17)10-2-9-22)23-20(25)15-5-8-18-19(11-15)28-13-27-18/h3-8,11-12H,2,9-10,13,22H2,1H3/b23-21-. The largest absolute Gasteiger partial charge is 0.497 e. The number of aromatic nitrogens is 1. The van der Waals surface area contributed by atoms with E-state index in [-0.39, 0.29) is 12.7 Å². The molecule has 0 saturated carbocycles. The minimum atomic E-state index is -0.326.